The summed E-state index contributed by atoms with van der Waals surface area (Å²) < 4.78 is 5.61. The van der Waals surface area contributed by atoms with Crippen molar-refractivity contribution in [2.45, 2.75) is 26.0 Å². The maximum absolute atomic E-state index is 5.61. The first-order chi connectivity index (χ1) is 8.33. The molecule has 1 unspecified atom stereocenters. The van der Waals surface area contributed by atoms with Crippen LogP contribution in [-0.2, 0) is 11.3 Å². The third-order valence-corrected chi connectivity index (χ3v) is 2.66. The topological polar surface area (TPSA) is 21.3 Å². The molecule has 3 heteroatoms. The summed E-state index contributed by atoms with van der Waals surface area (Å²) in [6, 6.07) is 10.7. The summed E-state index contributed by atoms with van der Waals surface area (Å²) >= 11 is 5.43. The Bertz CT molecular complexity index is 313. The number of hydrogen-bond donors (Lipinski definition) is 1. The summed E-state index contributed by atoms with van der Waals surface area (Å²) in [6.07, 6.45) is 2.89. The van der Waals surface area contributed by atoms with Crippen LogP contribution in [0, 0.1) is 0 Å². The summed E-state index contributed by atoms with van der Waals surface area (Å²) in [5.74, 6) is 0. The lowest BCUT2D eigenvalue weighted by atomic mass is 10.2. The molecule has 1 aromatic rings. The highest BCUT2D eigenvalue weighted by molar-refractivity contribution is 6.25. The van der Waals surface area contributed by atoms with Gasteiger partial charge in [-0.1, -0.05) is 48.0 Å². The number of halogens is 1. The first-order valence-corrected chi connectivity index (χ1v) is 6.37. The first-order valence-electron chi connectivity index (χ1n) is 5.93. The fraction of sp³-hybridized carbons (Fsp3) is 0.429. The van der Waals surface area contributed by atoms with Gasteiger partial charge in [0, 0.05) is 24.7 Å². The van der Waals surface area contributed by atoms with Crippen molar-refractivity contribution in [3.05, 3.63) is 47.5 Å². The second-order valence-corrected chi connectivity index (χ2v) is 4.25. The fourth-order valence-electron chi connectivity index (χ4n) is 1.44. The van der Waals surface area contributed by atoms with E-state index in [9.17, 15) is 0 Å². The average Bonchev–Trinajstić information content (AvgIpc) is 2.36. The summed E-state index contributed by atoms with van der Waals surface area (Å²) in [4.78, 5) is 0. The predicted molar refractivity (Wildman–Crippen MR) is 73.2 cm³/mol. The Balaban J connectivity index is 2.04. The average molecular weight is 254 g/mol. The minimum absolute atomic E-state index is 0.443. The molecule has 2 nitrogen and oxygen atoms in total. The maximum Gasteiger partial charge on any atom is 0.0716 e. The molecule has 0 radical (unpaired) electrons. The van der Waals surface area contributed by atoms with Crippen LogP contribution in [0.4, 0.5) is 0 Å². The Hall–Kier alpha value is -0.830. The van der Waals surface area contributed by atoms with E-state index in [1.54, 1.807) is 0 Å². The van der Waals surface area contributed by atoms with E-state index >= 15 is 0 Å². The van der Waals surface area contributed by atoms with Gasteiger partial charge in [0.2, 0.25) is 0 Å². The summed E-state index contributed by atoms with van der Waals surface area (Å²) in [5, 5.41) is 3.33. The minimum Gasteiger partial charge on any atom is -0.377 e. The van der Waals surface area contributed by atoms with E-state index in [1.807, 2.05) is 24.3 Å². The number of nitrogens with one attached hydrogen (secondary N) is 1. The van der Waals surface area contributed by atoms with Crippen LogP contribution in [0.15, 0.2) is 41.9 Å². The van der Waals surface area contributed by atoms with Crippen molar-refractivity contribution in [1.82, 2.24) is 5.32 Å². The smallest absolute Gasteiger partial charge is 0.0716 e. The third kappa shape index (κ3) is 7.16. The van der Waals surface area contributed by atoms with Crippen LogP contribution in [-0.4, -0.2) is 19.2 Å². The molecule has 0 aliphatic heterocycles. The minimum atomic E-state index is 0.443. The fourth-order valence-corrected chi connectivity index (χ4v) is 1.53. The molecular formula is C14H20ClNO. The van der Waals surface area contributed by atoms with Gasteiger partial charge in [-0.15, -0.1) is 0 Å². The molecule has 0 aliphatic rings. The van der Waals surface area contributed by atoms with Crippen molar-refractivity contribution in [3.8, 4) is 0 Å². The highest BCUT2D eigenvalue weighted by Gasteiger charge is 1.99. The van der Waals surface area contributed by atoms with Crippen LogP contribution < -0.4 is 5.32 Å². The Kier molecular flexibility index (Phi) is 7.72. The predicted octanol–water partition coefficient (Wildman–Crippen LogP) is 3.32. The number of benzene rings is 1. The Morgan fingerprint density at radius 3 is 2.82 bits per heavy atom. The van der Waals surface area contributed by atoms with Crippen LogP contribution in [0.5, 0.6) is 0 Å². The summed E-state index contributed by atoms with van der Waals surface area (Å²) in [7, 11) is 0. The molecular weight excluding hydrogens is 234 g/mol. The highest BCUT2D eigenvalue weighted by Crippen LogP contribution is 2.01. The number of ether oxygens (including phenoxy) is 1. The molecule has 1 N–H and O–H groups in total. The van der Waals surface area contributed by atoms with Crippen molar-refractivity contribution in [2.24, 2.45) is 0 Å². The van der Waals surface area contributed by atoms with Crippen LogP contribution in [0.2, 0.25) is 0 Å². The standard InChI is InChI=1S/C14H20ClNO/c1-13(16-10-5-9-15)8-11-17-12-14-6-3-2-4-7-14/h2-7,9,13,16H,8,10-12H2,1H3/b9-5+. The molecule has 0 amide bonds. The Morgan fingerprint density at radius 1 is 1.35 bits per heavy atom. The molecule has 0 saturated carbocycles. The molecule has 1 atom stereocenters. The van der Waals surface area contributed by atoms with Crippen molar-refractivity contribution < 1.29 is 4.74 Å². The monoisotopic (exact) mass is 253 g/mol. The molecule has 0 saturated heterocycles. The molecule has 1 rings (SSSR count). The normalized spacial score (nSPS) is 13.1. The van der Waals surface area contributed by atoms with Gasteiger partial charge in [0.1, 0.15) is 0 Å². The number of hydrogen-bond acceptors (Lipinski definition) is 2. The second-order valence-electron chi connectivity index (χ2n) is 4.00. The van der Waals surface area contributed by atoms with Gasteiger partial charge in [-0.25, -0.2) is 0 Å². The molecule has 0 bridgehead atoms. The Morgan fingerprint density at radius 2 is 2.12 bits per heavy atom. The molecule has 17 heavy (non-hydrogen) atoms. The van der Waals surface area contributed by atoms with E-state index in [2.05, 4.69) is 24.4 Å². The molecule has 0 heterocycles. The molecule has 0 fully saturated rings. The van der Waals surface area contributed by atoms with Gasteiger partial charge in [0.15, 0.2) is 0 Å². The lowest BCUT2D eigenvalue weighted by Gasteiger charge is -2.12. The Labute approximate surface area is 109 Å². The van der Waals surface area contributed by atoms with Crippen molar-refractivity contribution in [3.63, 3.8) is 0 Å². The van der Waals surface area contributed by atoms with E-state index in [-0.39, 0.29) is 0 Å². The quantitative estimate of drug-likeness (QED) is 0.718. The summed E-state index contributed by atoms with van der Waals surface area (Å²) in [6.45, 7) is 4.42. The van der Waals surface area contributed by atoms with Crippen molar-refractivity contribution in [2.75, 3.05) is 13.2 Å². The second kappa shape index (κ2) is 9.23. The molecule has 94 valence electrons. The maximum atomic E-state index is 5.61. The van der Waals surface area contributed by atoms with Crippen LogP contribution in [0.3, 0.4) is 0 Å². The SMILES string of the molecule is CC(CCOCc1ccccc1)NC/C=C/Cl. The highest BCUT2D eigenvalue weighted by atomic mass is 35.5. The van der Waals surface area contributed by atoms with E-state index in [0.29, 0.717) is 12.6 Å². The van der Waals surface area contributed by atoms with Crippen LogP contribution >= 0.6 is 11.6 Å². The zero-order chi connectivity index (χ0) is 12.3. The van der Waals surface area contributed by atoms with E-state index in [0.717, 1.165) is 19.6 Å². The van der Waals surface area contributed by atoms with E-state index in [4.69, 9.17) is 16.3 Å². The largest absolute Gasteiger partial charge is 0.377 e. The molecule has 0 aliphatic carbocycles. The van der Waals surface area contributed by atoms with Crippen molar-refractivity contribution >= 4 is 11.6 Å². The molecule has 0 spiro atoms. The van der Waals surface area contributed by atoms with Gasteiger partial charge >= 0.3 is 0 Å². The third-order valence-electron chi connectivity index (χ3n) is 2.48. The van der Waals surface area contributed by atoms with Gasteiger partial charge in [0.25, 0.3) is 0 Å². The van der Waals surface area contributed by atoms with Gasteiger partial charge in [-0.3, -0.25) is 0 Å². The molecule has 1 aromatic carbocycles. The number of rotatable bonds is 8. The zero-order valence-corrected chi connectivity index (χ0v) is 11.0. The van der Waals surface area contributed by atoms with Gasteiger partial charge in [-0.05, 0) is 18.9 Å². The van der Waals surface area contributed by atoms with Gasteiger partial charge in [-0.2, -0.15) is 0 Å². The summed E-state index contributed by atoms with van der Waals surface area (Å²) in [5.41, 5.74) is 2.75. The lowest BCUT2D eigenvalue weighted by Crippen LogP contribution is -2.27. The van der Waals surface area contributed by atoms with Crippen LogP contribution in [0.25, 0.3) is 0 Å². The van der Waals surface area contributed by atoms with E-state index < -0.39 is 0 Å². The van der Waals surface area contributed by atoms with Crippen LogP contribution in [0.1, 0.15) is 18.9 Å². The van der Waals surface area contributed by atoms with Crippen molar-refractivity contribution in [1.29, 1.82) is 0 Å². The van der Waals surface area contributed by atoms with Gasteiger partial charge < -0.3 is 10.1 Å². The van der Waals surface area contributed by atoms with E-state index in [1.165, 1.54) is 11.1 Å². The van der Waals surface area contributed by atoms with Gasteiger partial charge in [0.05, 0.1) is 6.61 Å². The molecule has 0 aromatic heterocycles. The first kappa shape index (κ1) is 14.2. The lowest BCUT2D eigenvalue weighted by molar-refractivity contribution is 0.113. The zero-order valence-electron chi connectivity index (χ0n) is 10.2.